The summed E-state index contributed by atoms with van der Waals surface area (Å²) in [6.45, 7) is 12.5. The molecular weight excluding hydrogens is 302 g/mol. The molecule has 2 rings (SSSR count). The number of hydrogen-bond acceptors (Lipinski definition) is 3. The summed E-state index contributed by atoms with van der Waals surface area (Å²) in [6.07, 6.45) is 1.99. The number of nitrogens with zero attached hydrogens (tertiary/aromatic N) is 2. The third-order valence-electron chi connectivity index (χ3n) is 5.02. The maximum absolute atomic E-state index is 4.57. The van der Waals surface area contributed by atoms with Crippen LogP contribution in [-0.4, -0.2) is 16.5 Å². The average Bonchev–Trinajstić information content (AvgIpc) is 2.66. The molecule has 3 nitrogen and oxygen atoms in total. The van der Waals surface area contributed by atoms with E-state index < -0.39 is 0 Å². The van der Waals surface area contributed by atoms with Gasteiger partial charge in [-0.3, -0.25) is 0 Å². The van der Waals surface area contributed by atoms with Gasteiger partial charge in [-0.15, -0.1) is 0 Å². The molecule has 1 N–H and O–H groups in total. The largest absolute Gasteiger partial charge is 0.370 e. The first-order valence-corrected chi connectivity index (χ1v) is 7.85. The number of halogens is 1. The van der Waals surface area contributed by atoms with Gasteiger partial charge < -0.3 is 5.32 Å². The molecule has 1 aromatic rings. The number of rotatable bonds is 5. The van der Waals surface area contributed by atoms with Crippen LogP contribution in [0.5, 0.6) is 0 Å². The van der Waals surface area contributed by atoms with Gasteiger partial charge in [0.1, 0.15) is 16.2 Å². The Kier molecular flexibility index (Phi) is 3.92. The Balaban J connectivity index is 2.01. The highest BCUT2D eigenvalue weighted by Gasteiger charge is 2.64. The third kappa shape index (κ3) is 2.78. The average molecular weight is 326 g/mol. The van der Waals surface area contributed by atoms with Gasteiger partial charge in [-0.2, -0.15) is 0 Å². The zero-order valence-corrected chi connectivity index (χ0v) is 14.1. The van der Waals surface area contributed by atoms with Crippen molar-refractivity contribution in [2.45, 2.75) is 47.5 Å². The fourth-order valence-electron chi connectivity index (χ4n) is 2.94. The van der Waals surface area contributed by atoms with Crippen LogP contribution in [0.3, 0.4) is 0 Å². The van der Waals surface area contributed by atoms with E-state index in [4.69, 9.17) is 0 Å². The van der Waals surface area contributed by atoms with E-state index in [2.05, 4.69) is 65.8 Å². The third-order valence-corrected chi connectivity index (χ3v) is 5.43. The van der Waals surface area contributed by atoms with E-state index in [9.17, 15) is 0 Å². The standard InChI is InChI=1S/C15H24BrN3/c1-6-7-12-18-11(16)8-13(19-12)17-9-10-14(2,3)15(10,4)5/h8,10H,6-7,9H2,1-5H3,(H,17,18,19). The summed E-state index contributed by atoms with van der Waals surface area (Å²) in [5.41, 5.74) is 0.826. The fourth-order valence-corrected chi connectivity index (χ4v) is 3.36. The highest BCUT2D eigenvalue weighted by atomic mass is 79.9. The highest BCUT2D eigenvalue weighted by molar-refractivity contribution is 9.10. The van der Waals surface area contributed by atoms with Crippen molar-refractivity contribution in [1.29, 1.82) is 0 Å². The maximum Gasteiger partial charge on any atom is 0.132 e. The monoisotopic (exact) mass is 325 g/mol. The Morgan fingerprint density at radius 2 is 1.84 bits per heavy atom. The molecule has 0 aromatic carbocycles. The predicted octanol–water partition coefficient (Wildman–Crippen LogP) is 4.29. The van der Waals surface area contributed by atoms with Crippen molar-refractivity contribution in [3.05, 3.63) is 16.5 Å². The molecule has 0 aliphatic heterocycles. The summed E-state index contributed by atoms with van der Waals surface area (Å²) in [6, 6.07) is 1.96. The van der Waals surface area contributed by atoms with Gasteiger partial charge in [0.25, 0.3) is 0 Å². The SMILES string of the molecule is CCCc1nc(Br)cc(NCC2C(C)(C)C2(C)C)n1. The van der Waals surface area contributed by atoms with Gasteiger partial charge in [0.2, 0.25) is 0 Å². The van der Waals surface area contributed by atoms with Crippen LogP contribution in [0.1, 0.15) is 46.9 Å². The molecule has 0 saturated heterocycles. The quantitative estimate of drug-likeness (QED) is 0.821. The first-order valence-electron chi connectivity index (χ1n) is 7.06. The van der Waals surface area contributed by atoms with Gasteiger partial charge in [0, 0.05) is 19.0 Å². The van der Waals surface area contributed by atoms with Gasteiger partial charge in [0.15, 0.2) is 0 Å². The summed E-state index contributed by atoms with van der Waals surface area (Å²) < 4.78 is 0.864. The lowest BCUT2D eigenvalue weighted by molar-refractivity contribution is 0.457. The van der Waals surface area contributed by atoms with Crippen LogP contribution in [0, 0.1) is 16.7 Å². The molecule has 0 radical (unpaired) electrons. The van der Waals surface area contributed by atoms with Crippen molar-refractivity contribution in [3.63, 3.8) is 0 Å². The van der Waals surface area contributed by atoms with Crippen molar-refractivity contribution in [2.75, 3.05) is 11.9 Å². The zero-order valence-electron chi connectivity index (χ0n) is 12.5. The molecule has 106 valence electrons. The molecule has 0 unspecified atom stereocenters. The van der Waals surface area contributed by atoms with Crippen LogP contribution < -0.4 is 5.32 Å². The van der Waals surface area contributed by atoms with E-state index in [1.165, 1.54) is 0 Å². The van der Waals surface area contributed by atoms with E-state index in [-0.39, 0.29) is 0 Å². The van der Waals surface area contributed by atoms with Gasteiger partial charge in [-0.1, -0.05) is 34.6 Å². The number of aryl methyl sites for hydroxylation is 1. The molecule has 0 atom stereocenters. The normalized spacial score (nSPS) is 20.3. The molecule has 0 amide bonds. The summed E-state index contributed by atoms with van der Waals surface area (Å²) in [7, 11) is 0. The van der Waals surface area contributed by atoms with Crippen LogP contribution in [0.15, 0.2) is 10.7 Å². The second kappa shape index (κ2) is 5.04. The van der Waals surface area contributed by atoms with Crippen LogP contribution in [-0.2, 0) is 6.42 Å². The molecule has 1 heterocycles. The second-order valence-electron chi connectivity index (χ2n) is 6.62. The minimum absolute atomic E-state index is 0.413. The van der Waals surface area contributed by atoms with Crippen molar-refractivity contribution in [2.24, 2.45) is 16.7 Å². The second-order valence-corrected chi connectivity index (χ2v) is 7.43. The van der Waals surface area contributed by atoms with Crippen molar-refractivity contribution in [1.82, 2.24) is 9.97 Å². The number of anilines is 1. The molecule has 0 spiro atoms. The molecule has 1 aromatic heterocycles. The summed E-state index contributed by atoms with van der Waals surface area (Å²) >= 11 is 3.46. The highest BCUT2D eigenvalue weighted by Crippen LogP contribution is 2.68. The molecule has 4 heteroatoms. The Morgan fingerprint density at radius 1 is 1.21 bits per heavy atom. The first-order chi connectivity index (χ1) is 8.79. The lowest BCUT2D eigenvalue weighted by atomic mass is 10.0. The lowest BCUT2D eigenvalue weighted by Gasteiger charge is -2.08. The zero-order chi connectivity index (χ0) is 14.3. The Hall–Kier alpha value is -0.640. The van der Waals surface area contributed by atoms with Gasteiger partial charge in [0.05, 0.1) is 0 Å². The van der Waals surface area contributed by atoms with Crippen molar-refractivity contribution >= 4 is 21.7 Å². The Morgan fingerprint density at radius 3 is 2.37 bits per heavy atom. The van der Waals surface area contributed by atoms with Crippen LogP contribution in [0.4, 0.5) is 5.82 Å². The smallest absolute Gasteiger partial charge is 0.132 e. The van der Waals surface area contributed by atoms with E-state index in [1.54, 1.807) is 0 Å². The van der Waals surface area contributed by atoms with E-state index in [0.29, 0.717) is 16.7 Å². The Labute approximate surface area is 124 Å². The van der Waals surface area contributed by atoms with Crippen molar-refractivity contribution in [3.8, 4) is 0 Å². The van der Waals surface area contributed by atoms with E-state index in [1.807, 2.05) is 6.07 Å². The van der Waals surface area contributed by atoms with Gasteiger partial charge in [-0.25, -0.2) is 9.97 Å². The van der Waals surface area contributed by atoms with E-state index in [0.717, 1.165) is 35.6 Å². The first kappa shape index (κ1) is 14.8. The van der Waals surface area contributed by atoms with Gasteiger partial charge in [-0.05, 0) is 39.1 Å². The summed E-state index contributed by atoms with van der Waals surface area (Å²) in [4.78, 5) is 8.96. The molecule has 1 aliphatic carbocycles. The molecule has 1 aliphatic rings. The number of hydrogen-bond donors (Lipinski definition) is 1. The maximum atomic E-state index is 4.57. The minimum Gasteiger partial charge on any atom is -0.370 e. The summed E-state index contributed by atoms with van der Waals surface area (Å²) in [5.74, 6) is 2.54. The predicted molar refractivity (Wildman–Crippen MR) is 83.3 cm³/mol. The Bertz CT molecular complexity index is 454. The topological polar surface area (TPSA) is 37.8 Å². The molecule has 19 heavy (non-hydrogen) atoms. The molecular formula is C15H24BrN3. The van der Waals surface area contributed by atoms with Crippen LogP contribution >= 0.6 is 15.9 Å². The fraction of sp³-hybridized carbons (Fsp3) is 0.733. The van der Waals surface area contributed by atoms with Crippen LogP contribution in [0.2, 0.25) is 0 Å². The van der Waals surface area contributed by atoms with Gasteiger partial charge >= 0.3 is 0 Å². The van der Waals surface area contributed by atoms with E-state index >= 15 is 0 Å². The van der Waals surface area contributed by atoms with Crippen molar-refractivity contribution < 1.29 is 0 Å². The minimum atomic E-state index is 0.413. The molecule has 0 bridgehead atoms. The molecule has 1 fully saturated rings. The molecule has 1 saturated carbocycles. The van der Waals surface area contributed by atoms with Crippen LogP contribution in [0.25, 0.3) is 0 Å². The lowest BCUT2D eigenvalue weighted by Crippen LogP contribution is -2.10. The summed E-state index contributed by atoms with van der Waals surface area (Å²) in [5, 5.41) is 3.48. The number of nitrogens with one attached hydrogen (secondary N) is 1. The number of aromatic nitrogens is 2.